The number of hydrogen-bond donors (Lipinski definition) is 2. The molecule has 0 saturated heterocycles. The Balaban J connectivity index is 2.64. The molecule has 1 unspecified atom stereocenters. The SMILES string of the molecule is COc1cccc(C(N)CCC(=O)O)c1. The predicted molar refractivity (Wildman–Crippen MR) is 56.8 cm³/mol. The van der Waals surface area contributed by atoms with Gasteiger partial charge in [0, 0.05) is 12.5 Å². The zero-order valence-electron chi connectivity index (χ0n) is 8.64. The van der Waals surface area contributed by atoms with Crippen LogP contribution in [0, 0.1) is 0 Å². The molecule has 15 heavy (non-hydrogen) atoms. The van der Waals surface area contributed by atoms with Crippen LogP contribution >= 0.6 is 0 Å². The van der Waals surface area contributed by atoms with Gasteiger partial charge in [-0.3, -0.25) is 4.79 Å². The number of carboxylic acid groups (broad SMARTS) is 1. The van der Waals surface area contributed by atoms with Gasteiger partial charge in [0.1, 0.15) is 5.75 Å². The van der Waals surface area contributed by atoms with Crippen LogP contribution in [-0.4, -0.2) is 18.2 Å². The van der Waals surface area contributed by atoms with Crippen molar-refractivity contribution < 1.29 is 14.6 Å². The zero-order chi connectivity index (χ0) is 11.3. The van der Waals surface area contributed by atoms with Crippen LogP contribution in [0.5, 0.6) is 5.75 Å². The minimum Gasteiger partial charge on any atom is -0.497 e. The lowest BCUT2D eigenvalue weighted by Gasteiger charge is -2.11. The highest BCUT2D eigenvalue weighted by molar-refractivity contribution is 5.66. The van der Waals surface area contributed by atoms with Crippen molar-refractivity contribution >= 4 is 5.97 Å². The van der Waals surface area contributed by atoms with Gasteiger partial charge in [0.25, 0.3) is 0 Å². The lowest BCUT2D eigenvalue weighted by Crippen LogP contribution is -2.12. The average Bonchev–Trinajstić information content (AvgIpc) is 2.26. The summed E-state index contributed by atoms with van der Waals surface area (Å²) in [5, 5.41) is 8.53. The fourth-order valence-electron chi connectivity index (χ4n) is 1.32. The second-order valence-electron chi connectivity index (χ2n) is 3.32. The summed E-state index contributed by atoms with van der Waals surface area (Å²) in [6.07, 6.45) is 0.515. The van der Waals surface area contributed by atoms with Crippen molar-refractivity contribution in [1.29, 1.82) is 0 Å². The van der Waals surface area contributed by atoms with E-state index in [1.807, 2.05) is 24.3 Å². The Labute approximate surface area is 88.7 Å². The number of benzene rings is 1. The third-order valence-corrected chi connectivity index (χ3v) is 2.19. The molecular formula is C11H15NO3. The first-order chi connectivity index (χ1) is 7.13. The molecule has 0 aliphatic rings. The molecule has 1 rings (SSSR count). The Bertz CT molecular complexity index is 338. The van der Waals surface area contributed by atoms with E-state index in [0.717, 1.165) is 11.3 Å². The maximum Gasteiger partial charge on any atom is 0.303 e. The van der Waals surface area contributed by atoms with Crippen LogP contribution in [0.3, 0.4) is 0 Å². The summed E-state index contributed by atoms with van der Waals surface area (Å²) in [6, 6.07) is 7.11. The summed E-state index contributed by atoms with van der Waals surface area (Å²) in [7, 11) is 1.59. The van der Waals surface area contributed by atoms with Crippen molar-refractivity contribution in [3.05, 3.63) is 29.8 Å². The van der Waals surface area contributed by atoms with Crippen LogP contribution in [-0.2, 0) is 4.79 Å². The molecule has 4 nitrogen and oxygen atoms in total. The number of hydrogen-bond acceptors (Lipinski definition) is 3. The fourth-order valence-corrected chi connectivity index (χ4v) is 1.32. The van der Waals surface area contributed by atoms with Crippen molar-refractivity contribution in [2.24, 2.45) is 5.73 Å². The van der Waals surface area contributed by atoms with Crippen LogP contribution in [0.15, 0.2) is 24.3 Å². The number of ether oxygens (including phenoxy) is 1. The van der Waals surface area contributed by atoms with Gasteiger partial charge in [0.15, 0.2) is 0 Å². The lowest BCUT2D eigenvalue weighted by atomic mass is 10.0. The van der Waals surface area contributed by atoms with Crippen LogP contribution in [0.1, 0.15) is 24.4 Å². The van der Waals surface area contributed by atoms with E-state index in [2.05, 4.69) is 0 Å². The predicted octanol–water partition coefficient (Wildman–Crippen LogP) is 1.56. The third kappa shape index (κ3) is 3.59. The van der Waals surface area contributed by atoms with Crippen LogP contribution in [0.4, 0.5) is 0 Å². The summed E-state index contributed by atoms with van der Waals surface area (Å²) in [6.45, 7) is 0. The van der Waals surface area contributed by atoms with E-state index in [1.54, 1.807) is 7.11 Å². The quantitative estimate of drug-likeness (QED) is 0.771. The van der Waals surface area contributed by atoms with Crippen LogP contribution < -0.4 is 10.5 Å². The Morgan fingerprint density at radius 1 is 1.60 bits per heavy atom. The maximum atomic E-state index is 10.4. The average molecular weight is 209 g/mol. The molecule has 0 fully saturated rings. The first-order valence-corrected chi connectivity index (χ1v) is 4.75. The summed E-state index contributed by atoms with van der Waals surface area (Å²) >= 11 is 0. The van der Waals surface area contributed by atoms with Gasteiger partial charge < -0.3 is 15.6 Å². The summed E-state index contributed by atoms with van der Waals surface area (Å²) in [5.41, 5.74) is 6.75. The monoisotopic (exact) mass is 209 g/mol. The number of aliphatic carboxylic acids is 1. The lowest BCUT2D eigenvalue weighted by molar-refractivity contribution is -0.137. The largest absolute Gasteiger partial charge is 0.497 e. The second kappa shape index (κ2) is 5.36. The normalized spacial score (nSPS) is 12.1. The third-order valence-electron chi connectivity index (χ3n) is 2.19. The van der Waals surface area contributed by atoms with E-state index in [0.29, 0.717) is 6.42 Å². The Morgan fingerprint density at radius 3 is 2.93 bits per heavy atom. The molecule has 1 aromatic carbocycles. The first kappa shape index (κ1) is 11.5. The van der Waals surface area contributed by atoms with E-state index >= 15 is 0 Å². The van der Waals surface area contributed by atoms with Gasteiger partial charge in [0.05, 0.1) is 7.11 Å². The van der Waals surface area contributed by atoms with E-state index in [4.69, 9.17) is 15.6 Å². The van der Waals surface area contributed by atoms with Gasteiger partial charge in [-0.25, -0.2) is 0 Å². The molecule has 4 heteroatoms. The van der Waals surface area contributed by atoms with Crippen LogP contribution in [0.25, 0.3) is 0 Å². The molecule has 0 spiro atoms. The van der Waals surface area contributed by atoms with Gasteiger partial charge in [-0.1, -0.05) is 12.1 Å². The van der Waals surface area contributed by atoms with E-state index in [1.165, 1.54) is 0 Å². The molecule has 0 bridgehead atoms. The standard InChI is InChI=1S/C11H15NO3/c1-15-9-4-2-3-8(7-9)10(12)5-6-11(13)14/h2-4,7,10H,5-6,12H2,1H3,(H,13,14). The highest BCUT2D eigenvalue weighted by Crippen LogP contribution is 2.20. The number of carboxylic acids is 1. The number of nitrogens with two attached hydrogens (primary N) is 1. The van der Waals surface area contributed by atoms with Gasteiger partial charge in [-0.05, 0) is 24.1 Å². The van der Waals surface area contributed by atoms with Crippen molar-refractivity contribution in [3.63, 3.8) is 0 Å². The molecule has 82 valence electrons. The number of rotatable bonds is 5. The molecule has 1 aromatic rings. The molecule has 0 heterocycles. The first-order valence-electron chi connectivity index (χ1n) is 4.75. The molecule has 0 amide bonds. The Morgan fingerprint density at radius 2 is 2.33 bits per heavy atom. The number of methoxy groups -OCH3 is 1. The molecule has 0 aliphatic carbocycles. The van der Waals surface area contributed by atoms with Gasteiger partial charge >= 0.3 is 5.97 Å². The highest BCUT2D eigenvalue weighted by atomic mass is 16.5. The summed E-state index contributed by atoms with van der Waals surface area (Å²) in [4.78, 5) is 10.4. The van der Waals surface area contributed by atoms with Crippen molar-refractivity contribution in [3.8, 4) is 5.75 Å². The summed E-state index contributed by atoms with van der Waals surface area (Å²) in [5.74, 6) is -0.0911. The Kier molecular flexibility index (Phi) is 4.12. The molecule has 0 aromatic heterocycles. The molecule has 0 saturated carbocycles. The number of carbonyl (C=O) groups is 1. The fraction of sp³-hybridized carbons (Fsp3) is 0.364. The zero-order valence-corrected chi connectivity index (χ0v) is 8.64. The van der Waals surface area contributed by atoms with Crippen molar-refractivity contribution in [2.75, 3.05) is 7.11 Å². The van der Waals surface area contributed by atoms with E-state index in [-0.39, 0.29) is 12.5 Å². The minimum atomic E-state index is -0.826. The van der Waals surface area contributed by atoms with Gasteiger partial charge in [-0.2, -0.15) is 0 Å². The topological polar surface area (TPSA) is 72.5 Å². The summed E-state index contributed by atoms with van der Waals surface area (Å²) < 4.78 is 5.06. The molecule has 3 N–H and O–H groups in total. The van der Waals surface area contributed by atoms with Crippen molar-refractivity contribution in [2.45, 2.75) is 18.9 Å². The Hall–Kier alpha value is -1.55. The van der Waals surface area contributed by atoms with E-state index < -0.39 is 5.97 Å². The van der Waals surface area contributed by atoms with Crippen LogP contribution in [0.2, 0.25) is 0 Å². The van der Waals surface area contributed by atoms with Gasteiger partial charge in [0.2, 0.25) is 0 Å². The van der Waals surface area contributed by atoms with Crippen molar-refractivity contribution in [1.82, 2.24) is 0 Å². The van der Waals surface area contributed by atoms with E-state index in [9.17, 15) is 4.79 Å². The smallest absolute Gasteiger partial charge is 0.303 e. The molecular weight excluding hydrogens is 194 g/mol. The highest BCUT2D eigenvalue weighted by Gasteiger charge is 2.08. The van der Waals surface area contributed by atoms with Gasteiger partial charge in [-0.15, -0.1) is 0 Å². The molecule has 0 aliphatic heterocycles. The molecule has 1 atom stereocenters. The second-order valence-corrected chi connectivity index (χ2v) is 3.32. The minimum absolute atomic E-state index is 0.0817. The maximum absolute atomic E-state index is 10.4. The molecule has 0 radical (unpaired) electrons.